The number of aromatic amines is 1. The normalized spacial score (nSPS) is 11.0. The summed E-state index contributed by atoms with van der Waals surface area (Å²) in [7, 11) is 0. The summed E-state index contributed by atoms with van der Waals surface area (Å²) >= 11 is 3.06. The molecular formula is C16H12N6O3S2. The van der Waals surface area contributed by atoms with Gasteiger partial charge in [0.2, 0.25) is 16.9 Å². The van der Waals surface area contributed by atoms with Crippen molar-refractivity contribution in [1.29, 1.82) is 0 Å². The Morgan fingerprint density at radius 2 is 2.07 bits per heavy atom. The van der Waals surface area contributed by atoms with Crippen LogP contribution in [0.4, 0.5) is 5.69 Å². The number of hydrogen-bond donors (Lipinski definition) is 1. The average molecular weight is 400 g/mol. The van der Waals surface area contributed by atoms with Gasteiger partial charge in [-0.15, -0.1) is 26.6 Å². The molecular weight excluding hydrogens is 388 g/mol. The minimum absolute atomic E-state index is 0.0111. The van der Waals surface area contributed by atoms with Crippen molar-refractivity contribution in [3.63, 3.8) is 0 Å². The molecule has 0 amide bonds. The van der Waals surface area contributed by atoms with Gasteiger partial charge >= 0.3 is 0 Å². The lowest BCUT2D eigenvalue weighted by Gasteiger charge is -1.94. The van der Waals surface area contributed by atoms with E-state index in [1.54, 1.807) is 23.5 Å². The van der Waals surface area contributed by atoms with Crippen LogP contribution in [0.25, 0.3) is 11.5 Å². The van der Waals surface area contributed by atoms with Gasteiger partial charge in [-0.25, -0.2) is 4.98 Å². The Bertz CT molecular complexity index is 1040. The van der Waals surface area contributed by atoms with Gasteiger partial charge in [-0.2, -0.15) is 0 Å². The highest BCUT2D eigenvalue weighted by Gasteiger charge is 2.13. The number of hydrogen-bond acceptors (Lipinski definition) is 9. The maximum Gasteiger partial charge on any atom is 0.269 e. The van der Waals surface area contributed by atoms with Crippen molar-refractivity contribution < 1.29 is 9.34 Å². The second kappa shape index (κ2) is 7.68. The molecule has 0 spiro atoms. The highest BCUT2D eigenvalue weighted by molar-refractivity contribution is 7.98. The number of nitro groups is 1. The van der Waals surface area contributed by atoms with Gasteiger partial charge in [0.05, 0.1) is 10.7 Å². The van der Waals surface area contributed by atoms with E-state index in [9.17, 15) is 10.1 Å². The number of nitro benzene ring substituents is 1. The zero-order chi connectivity index (χ0) is 18.6. The molecule has 0 radical (unpaired) electrons. The van der Waals surface area contributed by atoms with Crippen molar-refractivity contribution in [1.82, 2.24) is 25.4 Å². The maximum absolute atomic E-state index is 10.7. The molecule has 0 saturated heterocycles. The number of benzene rings is 1. The molecule has 3 heterocycles. The van der Waals surface area contributed by atoms with Gasteiger partial charge in [0, 0.05) is 29.0 Å². The Kier molecular flexibility index (Phi) is 4.94. The molecule has 1 N–H and O–H groups in total. The van der Waals surface area contributed by atoms with Crippen LogP contribution in [0.3, 0.4) is 0 Å². The van der Waals surface area contributed by atoms with Gasteiger partial charge in [-0.1, -0.05) is 17.8 Å². The Morgan fingerprint density at radius 1 is 1.22 bits per heavy atom. The lowest BCUT2D eigenvalue weighted by molar-refractivity contribution is -0.384. The third-order valence-corrected chi connectivity index (χ3v) is 5.26. The third kappa shape index (κ3) is 4.20. The molecule has 4 aromatic rings. The minimum atomic E-state index is -0.455. The van der Waals surface area contributed by atoms with Gasteiger partial charge in [-0.05, 0) is 23.6 Å². The quantitative estimate of drug-likeness (QED) is 0.283. The van der Waals surface area contributed by atoms with Crippen molar-refractivity contribution in [3.05, 3.63) is 68.5 Å². The van der Waals surface area contributed by atoms with Crippen LogP contribution in [-0.2, 0) is 12.2 Å². The van der Waals surface area contributed by atoms with Gasteiger partial charge in [0.1, 0.15) is 5.82 Å². The lowest BCUT2D eigenvalue weighted by Crippen LogP contribution is -1.87. The minimum Gasteiger partial charge on any atom is -0.420 e. The van der Waals surface area contributed by atoms with Crippen molar-refractivity contribution in [2.45, 2.75) is 17.3 Å². The second-order valence-corrected chi connectivity index (χ2v) is 7.39. The summed E-state index contributed by atoms with van der Waals surface area (Å²) in [5.41, 5.74) is 0.637. The van der Waals surface area contributed by atoms with Crippen LogP contribution >= 0.6 is 23.1 Å². The first-order chi connectivity index (χ1) is 13.2. The highest BCUT2D eigenvalue weighted by atomic mass is 32.2. The highest BCUT2D eigenvalue weighted by Crippen LogP contribution is 2.24. The Hall–Kier alpha value is -3.05. The zero-order valence-corrected chi connectivity index (χ0v) is 15.4. The Morgan fingerprint density at radius 3 is 2.81 bits per heavy atom. The number of thiophene rings is 1. The van der Waals surface area contributed by atoms with Crippen LogP contribution in [0.2, 0.25) is 0 Å². The number of thioether (sulfide) groups is 1. The summed E-state index contributed by atoms with van der Waals surface area (Å²) in [5.74, 6) is 1.97. The number of rotatable bonds is 7. The smallest absolute Gasteiger partial charge is 0.269 e. The molecule has 0 aliphatic carbocycles. The number of nitrogens with one attached hydrogen (secondary N) is 1. The van der Waals surface area contributed by atoms with Gasteiger partial charge in [-0.3, -0.25) is 15.2 Å². The molecule has 136 valence electrons. The molecule has 11 heteroatoms. The molecule has 0 aliphatic rings. The second-order valence-electron chi connectivity index (χ2n) is 5.41. The maximum atomic E-state index is 10.7. The summed E-state index contributed by atoms with van der Waals surface area (Å²) in [5, 5.41) is 28.4. The van der Waals surface area contributed by atoms with E-state index >= 15 is 0 Å². The summed E-state index contributed by atoms with van der Waals surface area (Å²) < 4.78 is 5.61. The predicted molar refractivity (Wildman–Crippen MR) is 99.5 cm³/mol. The van der Waals surface area contributed by atoms with Gasteiger partial charge in [0.25, 0.3) is 5.69 Å². The summed E-state index contributed by atoms with van der Waals surface area (Å²) in [6.45, 7) is 0. The molecule has 0 fully saturated rings. The molecule has 0 bridgehead atoms. The molecule has 9 nitrogen and oxygen atoms in total. The van der Waals surface area contributed by atoms with Crippen LogP contribution < -0.4 is 0 Å². The van der Waals surface area contributed by atoms with Crippen LogP contribution in [0, 0.1) is 10.1 Å². The van der Waals surface area contributed by atoms with Crippen molar-refractivity contribution in [2.24, 2.45) is 0 Å². The third-order valence-electron chi connectivity index (χ3n) is 3.55. The Balaban J connectivity index is 1.37. The molecule has 0 unspecified atom stereocenters. The van der Waals surface area contributed by atoms with Crippen LogP contribution in [0.5, 0.6) is 0 Å². The van der Waals surface area contributed by atoms with Crippen molar-refractivity contribution in [3.8, 4) is 11.5 Å². The van der Waals surface area contributed by atoms with E-state index in [2.05, 4.69) is 31.4 Å². The molecule has 0 aliphatic heterocycles. The fourth-order valence-corrected chi connectivity index (χ4v) is 3.64. The fourth-order valence-electron chi connectivity index (χ4n) is 2.28. The first-order valence-electron chi connectivity index (χ1n) is 7.81. The topological polar surface area (TPSA) is 124 Å². The molecule has 27 heavy (non-hydrogen) atoms. The number of nitrogens with zero attached hydrogens (tertiary/aromatic N) is 5. The van der Waals surface area contributed by atoms with E-state index in [0.29, 0.717) is 28.3 Å². The lowest BCUT2D eigenvalue weighted by atomic mass is 10.2. The van der Waals surface area contributed by atoms with E-state index in [1.165, 1.54) is 28.8 Å². The first kappa shape index (κ1) is 17.4. The van der Waals surface area contributed by atoms with Crippen LogP contribution in [0.1, 0.15) is 16.6 Å². The monoisotopic (exact) mass is 400 g/mol. The summed E-state index contributed by atoms with van der Waals surface area (Å²) in [6.07, 6.45) is 0.718. The van der Waals surface area contributed by atoms with E-state index in [4.69, 9.17) is 4.42 Å². The van der Waals surface area contributed by atoms with E-state index < -0.39 is 4.92 Å². The van der Waals surface area contributed by atoms with Crippen molar-refractivity contribution in [2.75, 3.05) is 0 Å². The molecule has 0 saturated carbocycles. The average Bonchev–Trinajstić information content (AvgIpc) is 3.43. The molecule has 4 rings (SSSR count). The fraction of sp³-hybridized carbons (Fsp3) is 0.125. The SMILES string of the molecule is O=[N+]([O-])c1ccc(-c2nnc(CSc3n[nH]c(Cc4cccs4)n3)o2)cc1. The largest absolute Gasteiger partial charge is 0.420 e. The predicted octanol–water partition coefficient (Wildman–Crippen LogP) is 3.71. The number of H-pyrrole nitrogens is 1. The number of aromatic nitrogens is 5. The number of non-ortho nitro benzene ring substituents is 1. The molecule has 0 atom stereocenters. The van der Waals surface area contributed by atoms with Gasteiger partial charge in [0.15, 0.2) is 0 Å². The van der Waals surface area contributed by atoms with E-state index in [0.717, 1.165) is 12.2 Å². The Labute approximate surface area is 161 Å². The van der Waals surface area contributed by atoms with E-state index in [1.807, 2.05) is 11.4 Å². The zero-order valence-electron chi connectivity index (χ0n) is 13.7. The van der Waals surface area contributed by atoms with E-state index in [-0.39, 0.29) is 5.69 Å². The summed E-state index contributed by atoms with van der Waals surface area (Å²) in [4.78, 5) is 15.9. The molecule has 3 aromatic heterocycles. The first-order valence-corrected chi connectivity index (χ1v) is 9.67. The van der Waals surface area contributed by atoms with Crippen LogP contribution in [0.15, 0.2) is 51.4 Å². The van der Waals surface area contributed by atoms with Crippen LogP contribution in [-0.4, -0.2) is 30.3 Å². The molecule has 1 aromatic carbocycles. The summed E-state index contributed by atoms with van der Waals surface area (Å²) in [6, 6.07) is 10.0. The standard InChI is InChI=1S/C16H12N6O3S2/c23-22(24)11-5-3-10(4-6-11)15-20-19-14(25-15)9-27-16-17-13(18-21-16)8-12-2-1-7-26-12/h1-7H,8-9H2,(H,17,18,21). The van der Waals surface area contributed by atoms with Gasteiger partial charge < -0.3 is 4.42 Å². The van der Waals surface area contributed by atoms with Crippen molar-refractivity contribution >= 4 is 28.8 Å².